The van der Waals surface area contributed by atoms with Gasteiger partial charge < -0.3 is 26.2 Å². The van der Waals surface area contributed by atoms with Crippen LogP contribution >= 0.6 is 0 Å². The van der Waals surface area contributed by atoms with Crippen LogP contribution in [0.1, 0.15) is 59.8 Å². The average Bonchev–Trinajstić information content (AvgIpc) is 3.50. The van der Waals surface area contributed by atoms with Crippen molar-refractivity contribution in [2.75, 3.05) is 53.0 Å². The molecule has 3 saturated heterocycles. The molecule has 3 heterocycles. The quantitative estimate of drug-likeness (QED) is 0.482. The van der Waals surface area contributed by atoms with Crippen molar-refractivity contribution in [3.63, 3.8) is 0 Å². The van der Waals surface area contributed by atoms with E-state index in [-0.39, 0.29) is 5.92 Å². The second-order valence-corrected chi connectivity index (χ2v) is 5.67. The first kappa shape index (κ1) is 30.0. The van der Waals surface area contributed by atoms with Crippen LogP contribution in [-0.4, -0.2) is 63.2 Å². The van der Waals surface area contributed by atoms with E-state index in [9.17, 15) is 0 Å². The van der Waals surface area contributed by atoms with Crippen LogP contribution in [0.2, 0.25) is 0 Å². The third-order valence-electron chi connectivity index (χ3n) is 3.86. The molecule has 0 aromatic heterocycles. The SMILES string of the molecule is C1CCNC1.CC.CC.CO.N#CC1CCCNC1.OC[C@@H]1CCNC1. The highest BCUT2D eigenvalue weighted by molar-refractivity contribution is 4.86. The Kier molecular flexibility index (Phi) is 33.6. The predicted octanol–water partition coefficient (Wildman–Crippen LogP) is 2.13. The molecule has 6 nitrogen and oxygen atoms in total. The monoisotopic (exact) mass is 374 g/mol. The molecule has 0 spiro atoms. The second kappa shape index (κ2) is 29.1. The Bertz CT molecular complexity index is 249. The Balaban J connectivity index is -0.000000270. The number of aliphatic hydroxyl groups is 2. The van der Waals surface area contributed by atoms with Gasteiger partial charge in [-0.15, -0.1) is 0 Å². The van der Waals surface area contributed by atoms with Crippen LogP contribution in [-0.2, 0) is 0 Å². The Hall–Kier alpha value is -0.710. The van der Waals surface area contributed by atoms with Crippen molar-refractivity contribution in [2.45, 2.75) is 59.8 Å². The van der Waals surface area contributed by atoms with E-state index in [0.29, 0.717) is 12.5 Å². The molecular weight excluding hydrogens is 328 g/mol. The van der Waals surface area contributed by atoms with Crippen LogP contribution in [0.5, 0.6) is 0 Å². The zero-order valence-corrected chi connectivity index (χ0v) is 18.0. The van der Waals surface area contributed by atoms with Gasteiger partial charge in [-0.2, -0.15) is 5.26 Å². The smallest absolute Gasteiger partial charge is 0.0669 e. The highest BCUT2D eigenvalue weighted by Gasteiger charge is 2.11. The minimum absolute atomic E-state index is 0.281. The highest BCUT2D eigenvalue weighted by atomic mass is 16.3. The van der Waals surface area contributed by atoms with Crippen molar-refractivity contribution in [3.8, 4) is 6.07 Å². The van der Waals surface area contributed by atoms with E-state index >= 15 is 0 Å². The van der Waals surface area contributed by atoms with Gasteiger partial charge in [0.2, 0.25) is 0 Å². The molecule has 26 heavy (non-hydrogen) atoms. The molecule has 3 aliphatic heterocycles. The normalized spacial score (nSPS) is 22.7. The molecular formula is C20H46N4O2. The van der Waals surface area contributed by atoms with Gasteiger partial charge in [0.1, 0.15) is 0 Å². The van der Waals surface area contributed by atoms with Gasteiger partial charge in [0.15, 0.2) is 0 Å². The minimum atomic E-state index is 0.281. The molecule has 0 aromatic rings. The van der Waals surface area contributed by atoms with E-state index in [1.165, 1.54) is 25.9 Å². The summed E-state index contributed by atoms with van der Waals surface area (Å²) in [6.45, 7) is 14.9. The fraction of sp³-hybridized carbons (Fsp3) is 0.950. The van der Waals surface area contributed by atoms with Gasteiger partial charge in [0.25, 0.3) is 0 Å². The van der Waals surface area contributed by atoms with E-state index < -0.39 is 0 Å². The van der Waals surface area contributed by atoms with Crippen molar-refractivity contribution in [2.24, 2.45) is 11.8 Å². The lowest BCUT2D eigenvalue weighted by molar-refractivity contribution is 0.237. The van der Waals surface area contributed by atoms with Gasteiger partial charge in [-0.05, 0) is 64.2 Å². The van der Waals surface area contributed by atoms with Gasteiger partial charge in [0.05, 0.1) is 12.0 Å². The summed E-state index contributed by atoms with van der Waals surface area (Å²) >= 11 is 0. The van der Waals surface area contributed by atoms with Gasteiger partial charge in [-0.3, -0.25) is 0 Å². The van der Waals surface area contributed by atoms with Crippen molar-refractivity contribution < 1.29 is 10.2 Å². The van der Waals surface area contributed by atoms with Gasteiger partial charge in [-0.1, -0.05) is 27.7 Å². The Morgan fingerprint density at radius 1 is 0.808 bits per heavy atom. The predicted molar refractivity (Wildman–Crippen MR) is 112 cm³/mol. The summed E-state index contributed by atoms with van der Waals surface area (Å²) in [5.74, 6) is 0.823. The van der Waals surface area contributed by atoms with E-state index in [1.54, 1.807) is 0 Å². The summed E-state index contributed by atoms with van der Waals surface area (Å²) in [7, 11) is 1.00. The molecule has 3 fully saturated rings. The standard InChI is InChI=1S/C6H10N2.C5H11NO.C4H9N.2C2H6.CH4O/c7-4-6-2-1-3-8-5-6;7-4-5-1-2-6-3-5;1-2-4-5-3-1;3*1-2/h6,8H,1-3,5H2;5-7H,1-4H2;5H,1-4H2;2*1-2H3;2H,1H3/t;5-;;;;/m.1..../s1. The summed E-state index contributed by atoms with van der Waals surface area (Å²) in [4.78, 5) is 0. The molecule has 0 aromatic carbocycles. The van der Waals surface area contributed by atoms with E-state index in [1.807, 2.05) is 27.7 Å². The molecule has 158 valence electrons. The number of hydrogen-bond acceptors (Lipinski definition) is 6. The second-order valence-electron chi connectivity index (χ2n) is 5.67. The van der Waals surface area contributed by atoms with E-state index in [0.717, 1.165) is 52.6 Å². The van der Waals surface area contributed by atoms with E-state index in [2.05, 4.69) is 22.0 Å². The number of nitrogens with one attached hydrogen (secondary N) is 3. The number of rotatable bonds is 1. The fourth-order valence-corrected chi connectivity index (χ4v) is 2.46. The molecule has 1 unspecified atom stereocenters. The first-order valence-corrected chi connectivity index (χ1v) is 10.4. The first-order valence-electron chi connectivity index (χ1n) is 10.4. The van der Waals surface area contributed by atoms with Crippen molar-refractivity contribution in [3.05, 3.63) is 0 Å². The first-order chi connectivity index (χ1) is 12.9. The zero-order chi connectivity index (χ0) is 20.5. The highest BCUT2D eigenvalue weighted by Crippen LogP contribution is 2.06. The third kappa shape index (κ3) is 21.3. The molecule has 2 atom stereocenters. The Labute approximate surface area is 162 Å². The number of nitrogens with zero attached hydrogens (tertiary/aromatic N) is 1. The fourth-order valence-electron chi connectivity index (χ4n) is 2.46. The van der Waals surface area contributed by atoms with Crippen molar-refractivity contribution >= 4 is 0 Å². The van der Waals surface area contributed by atoms with Crippen molar-refractivity contribution in [1.82, 2.24) is 16.0 Å². The summed E-state index contributed by atoms with van der Waals surface area (Å²) in [6, 6.07) is 2.24. The molecule has 0 bridgehead atoms. The minimum Gasteiger partial charge on any atom is -0.400 e. The topological polar surface area (TPSA) is 100 Å². The summed E-state index contributed by atoms with van der Waals surface area (Å²) < 4.78 is 0. The lowest BCUT2D eigenvalue weighted by Crippen LogP contribution is -2.28. The lowest BCUT2D eigenvalue weighted by atomic mass is 10.0. The average molecular weight is 375 g/mol. The van der Waals surface area contributed by atoms with Crippen LogP contribution < -0.4 is 16.0 Å². The van der Waals surface area contributed by atoms with Crippen LogP contribution in [0.25, 0.3) is 0 Å². The number of hydrogen-bond donors (Lipinski definition) is 5. The van der Waals surface area contributed by atoms with Crippen LogP contribution in [0.15, 0.2) is 0 Å². The maximum atomic E-state index is 8.53. The maximum Gasteiger partial charge on any atom is 0.0669 e. The molecule has 0 aliphatic carbocycles. The summed E-state index contributed by atoms with van der Waals surface area (Å²) in [5.41, 5.74) is 0. The summed E-state index contributed by atoms with van der Waals surface area (Å²) in [5, 5.41) is 33.5. The van der Waals surface area contributed by atoms with Crippen molar-refractivity contribution in [1.29, 1.82) is 5.26 Å². The van der Waals surface area contributed by atoms with Gasteiger partial charge >= 0.3 is 0 Å². The van der Waals surface area contributed by atoms with Crippen LogP contribution in [0, 0.1) is 23.2 Å². The summed E-state index contributed by atoms with van der Waals surface area (Å²) in [6.07, 6.45) is 6.18. The zero-order valence-electron chi connectivity index (χ0n) is 18.0. The number of piperidine rings is 1. The molecule has 6 heteroatoms. The molecule has 0 amide bonds. The van der Waals surface area contributed by atoms with E-state index in [4.69, 9.17) is 15.5 Å². The Morgan fingerprint density at radius 3 is 1.58 bits per heavy atom. The van der Waals surface area contributed by atoms with Gasteiger partial charge in [0, 0.05) is 26.8 Å². The maximum absolute atomic E-state index is 8.53. The molecule has 5 N–H and O–H groups in total. The molecule has 3 aliphatic rings. The molecule has 0 radical (unpaired) electrons. The Morgan fingerprint density at radius 2 is 1.35 bits per heavy atom. The van der Waals surface area contributed by atoms with Crippen LogP contribution in [0.4, 0.5) is 0 Å². The van der Waals surface area contributed by atoms with Gasteiger partial charge in [-0.25, -0.2) is 0 Å². The third-order valence-corrected chi connectivity index (χ3v) is 3.86. The number of nitriles is 1. The van der Waals surface area contributed by atoms with Crippen LogP contribution in [0.3, 0.4) is 0 Å². The largest absolute Gasteiger partial charge is 0.400 e. The molecule has 3 rings (SSSR count). The number of aliphatic hydroxyl groups excluding tert-OH is 2. The lowest BCUT2D eigenvalue weighted by Gasteiger charge is -2.15. The molecule has 0 saturated carbocycles.